The van der Waals surface area contributed by atoms with Crippen LogP contribution in [0.25, 0.3) is 0 Å². The van der Waals surface area contributed by atoms with E-state index in [2.05, 4.69) is 41.5 Å². The summed E-state index contributed by atoms with van der Waals surface area (Å²) in [4.78, 5) is 0. The zero-order valence-electron chi connectivity index (χ0n) is 28.7. The third kappa shape index (κ3) is 24.5. The van der Waals surface area contributed by atoms with Crippen molar-refractivity contribution in [3.8, 4) is 0 Å². The standard InChI is InChI=1S/2C19H38O/c2*1-4-5-6-7-8-9-10-11-15-18-19(20-18)16-13-12-14-17(2)3/h2*17-19H,4-16H2,1-3H3/t2*18-,19+/m00/s1. The Morgan fingerprint density at radius 1 is 0.350 bits per heavy atom. The van der Waals surface area contributed by atoms with E-state index in [9.17, 15) is 0 Å². The highest BCUT2D eigenvalue weighted by Gasteiger charge is 2.37. The molecule has 240 valence electrons. The van der Waals surface area contributed by atoms with Crippen LogP contribution in [0, 0.1) is 11.8 Å². The second-order valence-electron chi connectivity index (χ2n) is 14.3. The zero-order valence-corrected chi connectivity index (χ0v) is 28.7. The third-order valence-electron chi connectivity index (χ3n) is 9.10. The Hall–Kier alpha value is -0.0800. The summed E-state index contributed by atoms with van der Waals surface area (Å²) in [5, 5.41) is 0. The van der Waals surface area contributed by atoms with E-state index in [1.54, 1.807) is 0 Å². The highest BCUT2D eigenvalue weighted by molar-refractivity contribution is 4.85. The summed E-state index contributed by atoms with van der Waals surface area (Å²) in [6.07, 6.45) is 38.9. The highest BCUT2D eigenvalue weighted by Crippen LogP contribution is 2.33. The fourth-order valence-electron chi connectivity index (χ4n) is 6.13. The number of unbranched alkanes of at least 4 members (excludes halogenated alkanes) is 16. The molecule has 2 nitrogen and oxygen atoms in total. The molecule has 0 radical (unpaired) electrons. The van der Waals surface area contributed by atoms with Crippen LogP contribution < -0.4 is 0 Å². The van der Waals surface area contributed by atoms with E-state index in [4.69, 9.17) is 9.47 Å². The Kier molecular flexibility index (Phi) is 25.2. The molecule has 2 fully saturated rings. The molecular weight excluding hydrogens is 488 g/mol. The van der Waals surface area contributed by atoms with Crippen molar-refractivity contribution in [3.63, 3.8) is 0 Å². The van der Waals surface area contributed by atoms with Crippen molar-refractivity contribution in [1.29, 1.82) is 0 Å². The smallest absolute Gasteiger partial charge is 0.0841 e. The van der Waals surface area contributed by atoms with Gasteiger partial charge in [-0.1, -0.05) is 183 Å². The van der Waals surface area contributed by atoms with Crippen LogP contribution in [-0.2, 0) is 9.47 Å². The predicted octanol–water partition coefficient (Wildman–Crippen LogP) is 13.0. The normalized spacial score (nSPS) is 21.6. The molecule has 2 aliphatic rings. The van der Waals surface area contributed by atoms with Crippen LogP contribution in [-0.4, -0.2) is 24.4 Å². The Morgan fingerprint density at radius 2 is 0.600 bits per heavy atom. The van der Waals surface area contributed by atoms with E-state index in [1.165, 1.54) is 167 Å². The van der Waals surface area contributed by atoms with Crippen LogP contribution in [0.3, 0.4) is 0 Å². The van der Waals surface area contributed by atoms with Crippen LogP contribution in [0.4, 0.5) is 0 Å². The summed E-state index contributed by atoms with van der Waals surface area (Å²) in [6, 6.07) is 0. The van der Waals surface area contributed by atoms with Crippen LogP contribution in [0.15, 0.2) is 0 Å². The fourth-order valence-corrected chi connectivity index (χ4v) is 6.13. The molecule has 4 atom stereocenters. The monoisotopic (exact) mass is 565 g/mol. The van der Waals surface area contributed by atoms with Gasteiger partial charge in [-0.3, -0.25) is 0 Å². The molecule has 0 aromatic carbocycles. The van der Waals surface area contributed by atoms with Gasteiger partial charge in [-0.05, 0) is 37.5 Å². The quantitative estimate of drug-likeness (QED) is 0.0697. The van der Waals surface area contributed by atoms with Crippen LogP contribution in [0.2, 0.25) is 0 Å². The van der Waals surface area contributed by atoms with Gasteiger partial charge in [0.05, 0.1) is 24.4 Å². The molecule has 0 aliphatic carbocycles. The summed E-state index contributed by atoms with van der Waals surface area (Å²) in [5.41, 5.74) is 0. The lowest BCUT2D eigenvalue weighted by Gasteiger charge is -2.02. The molecule has 0 spiro atoms. The van der Waals surface area contributed by atoms with Crippen LogP contribution in [0.5, 0.6) is 0 Å². The van der Waals surface area contributed by atoms with Crippen LogP contribution in [0.1, 0.15) is 208 Å². The van der Waals surface area contributed by atoms with E-state index in [0.29, 0.717) is 24.4 Å². The minimum absolute atomic E-state index is 0.631. The lowest BCUT2D eigenvalue weighted by atomic mass is 10.0. The second-order valence-corrected chi connectivity index (χ2v) is 14.3. The summed E-state index contributed by atoms with van der Waals surface area (Å²) < 4.78 is 11.6. The molecule has 2 heteroatoms. The minimum atomic E-state index is 0.631. The van der Waals surface area contributed by atoms with Gasteiger partial charge in [-0.15, -0.1) is 0 Å². The van der Waals surface area contributed by atoms with E-state index >= 15 is 0 Å². The van der Waals surface area contributed by atoms with Gasteiger partial charge in [0.25, 0.3) is 0 Å². The van der Waals surface area contributed by atoms with E-state index in [1.807, 2.05) is 0 Å². The van der Waals surface area contributed by atoms with Crippen molar-refractivity contribution in [2.24, 2.45) is 11.8 Å². The molecule has 0 aromatic heterocycles. The summed E-state index contributed by atoms with van der Waals surface area (Å²) in [6.45, 7) is 13.8. The summed E-state index contributed by atoms with van der Waals surface area (Å²) in [7, 11) is 0. The number of ether oxygens (including phenoxy) is 2. The molecule has 2 heterocycles. The van der Waals surface area contributed by atoms with Gasteiger partial charge >= 0.3 is 0 Å². The molecule has 0 bridgehead atoms. The maximum Gasteiger partial charge on any atom is 0.0841 e. The molecule has 0 aromatic rings. The summed E-state index contributed by atoms with van der Waals surface area (Å²) >= 11 is 0. The number of hydrogen-bond acceptors (Lipinski definition) is 2. The van der Waals surface area contributed by atoms with Crippen molar-refractivity contribution in [3.05, 3.63) is 0 Å². The largest absolute Gasteiger partial charge is 0.370 e. The Morgan fingerprint density at radius 3 is 0.875 bits per heavy atom. The Bertz CT molecular complexity index is 470. The van der Waals surface area contributed by atoms with E-state index in [0.717, 1.165) is 11.8 Å². The van der Waals surface area contributed by atoms with E-state index < -0.39 is 0 Å². The topological polar surface area (TPSA) is 25.1 Å². The molecule has 2 saturated heterocycles. The van der Waals surface area contributed by atoms with Crippen molar-refractivity contribution in [2.45, 2.75) is 233 Å². The van der Waals surface area contributed by atoms with Gasteiger partial charge in [0.1, 0.15) is 0 Å². The highest BCUT2D eigenvalue weighted by atomic mass is 16.6. The first-order valence-corrected chi connectivity index (χ1v) is 18.8. The van der Waals surface area contributed by atoms with Gasteiger partial charge < -0.3 is 9.47 Å². The van der Waals surface area contributed by atoms with Crippen molar-refractivity contribution in [1.82, 2.24) is 0 Å². The molecule has 2 rings (SSSR count). The average Bonchev–Trinajstić information content (AvgIpc) is 3.85. The minimum Gasteiger partial charge on any atom is -0.370 e. The van der Waals surface area contributed by atoms with Gasteiger partial charge in [-0.25, -0.2) is 0 Å². The van der Waals surface area contributed by atoms with Gasteiger partial charge in [0, 0.05) is 0 Å². The van der Waals surface area contributed by atoms with Crippen molar-refractivity contribution < 1.29 is 9.47 Å². The lowest BCUT2D eigenvalue weighted by Crippen LogP contribution is -1.95. The first-order chi connectivity index (χ1) is 19.5. The average molecular weight is 565 g/mol. The molecule has 0 amide bonds. The first-order valence-electron chi connectivity index (χ1n) is 18.8. The molecule has 0 unspecified atom stereocenters. The number of hydrogen-bond donors (Lipinski definition) is 0. The van der Waals surface area contributed by atoms with Gasteiger partial charge in [-0.2, -0.15) is 0 Å². The lowest BCUT2D eigenvalue weighted by molar-refractivity contribution is 0.346. The maximum absolute atomic E-state index is 5.78. The van der Waals surface area contributed by atoms with Gasteiger partial charge in [0.15, 0.2) is 0 Å². The number of rotatable bonds is 28. The second kappa shape index (κ2) is 26.5. The van der Waals surface area contributed by atoms with Gasteiger partial charge in [0.2, 0.25) is 0 Å². The Balaban J connectivity index is 0.000000400. The molecule has 0 N–H and O–H groups in total. The SMILES string of the molecule is CCCCCCCCCC[C@@H]1O[C@@H]1CCCCC(C)C.CCCCCCCCCC[C@@H]1O[C@@H]1CCCCC(C)C. The molecule has 2 aliphatic heterocycles. The Labute approximate surface area is 253 Å². The molecule has 40 heavy (non-hydrogen) atoms. The molecule has 0 saturated carbocycles. The summed E-state index contributed by atoms with van der Waals surface area (Å²) in [5.74, 6) is 1.73. The van der Waals surface area contributed by atoms with E-state index in [-0.39, 0.29) is 0 Å². The predicted molar refractivity (Wildman–Crippen MR) is 178 cm³/mol. The fraction of sp³-hybridized carbons (Fsp3) is 1.00. The number of epoxide rings is 2. The first kappa shape index (κ1) is 37.9. The zero-order chi connectivity index (χ0) is 29.3. The van der Waals surface area contributed by atoms with Crippen molar-refractivity contribution >= 4 is 0 Å². The molecular formula is C38H76O2. The van der Waals surface area contributed by atoms with Crippen LogP contribution >= 0.6 is 0 Å². The van der Waals surface area contributed by atoms with Crippen molar-refractivity contribution in [2.75, 3.05) is 0 Å². The third-order valence-corrected chi connectivity index (χ3v) is 9.10. The maximum atomic E-state index is 5.78.